The van der Waals surface area contributed by atoms with Gasteiger partial charge in [-0.1, -0.05) is 6.07 Å². The molecule has 2 aromatic heterocycles. The molecule has 4 rings (SSSR count). The molecular formula is C21H17N5O4S. The first-order valence-corrected chi connectivity index (χ1v) is 10.3. The maximum atomic E-state index is 12.5. The van der Waals surface area contributed by atoms with E-state index in [9.17, 15) is 20.2 Å². The molecule has 3 heterocycles. The number of benzene rings is 1. The number of non-ortho nitro benzene ring substituents is 1. The molecule has 0 unspecified atom stereocenters. The molecule has 31 heavy (non-hydrogen) atoms. The van der Waals surface area contributed by atoms with E-state index in [1.807, 2.05) is 22.4 Å². The fourth-order valence-electron chi connectivity index (χ4n) is 3.23. The van der Waals surface area contributed by atoms with Gasteiger partial charge in [-0.2, -0.15) is 10.2 Å². The highest BCUT2D eigenvalue weighted by molar-refractivity contribution is 7.12. The lowest BCUT2D eigenvalue weighted by molar-refractivity contribution is -0.384. The maximum Gasteiger partial charge on any atom is 0.269 e. The molecule has 1 aliphatic heterocycles. The van der Waals surface area contributed by atoms with E-state index in [-0.39, 0.29) is 23.2 Å². The molecule has 0 spiro atoms. The quantitative estimate of drug-likeness (QED) is 0.443. The van der Waals surface area contributed by atoms with Crippen LogP contribution >= 0.6 is 11.3 Å². The minimum atomic E-state index is -0.458. The molecule has 9 nitrogen and oxygen atoms in total. The van der Waals surface area contributed by atoms with E-state index in [2.05, 4.69) is 11.1 Å². The van der Waals surface area contributed by atoms with Gasteiger partial charge in [0.25, 0.3) is 11.6 Å². The number of aromatic nitrogens is 1. The number of carbonyl (C=O) groups is 1. The predicted molar refractivity (Wildman–Crippen MR) is 116 cm³/mol. The van der Waals surface area contributed by atoms with Crippen molar-refractivity contribution < 1.29 is 14.1 Å². The van der Waals surface area contributed by atoms with Crippen LogP contribution in [0, 0.1) is 21.4 Å². The van der Waals surface area contributed by atoms with E-state index in [1.54, 1.807) is 29.2 Å². The van der Waals surface area contributed by atoms with Gasteiger partial charge in [0.05, 0.1) is 9.80 Å². The van der Waals surface area contributed by atoms with Crippen LogP contribution in [0.1, 0.15) is 26.8 Å². The number of rotatable bonds is 5. The fourth-order valence-corrected chi connectivity index (χ4v) is 3.92. The Balaban J connectivity index is 1.43. The first-order chi connectivity index (χ1) is 15.0. The summed E-state index contributed by atoms with van der Waals surface area (Å²) in [5.41, 5.74) is 0.935. The van der Waals surface area contributed by atoms with Crippen molar-refractivity contribution in [2.24, 2.45) is 0 Å². The minimum Gasteiger partial charge on any atom is -0.420 e. The normalized spacial score (nSPS) is 14.0. The SMILES string of the molecule is N#Cc1nc(/C=C/c2ccc([N+](=O)[O-])cc2)oc1N1CCN(C(=O)c2cccs2)CC1. The number of nitriles is 1. The average molecular weight is 435 g/mol. The molecule has 0 aliphatic carbocycles. The number of oxazole rings is 1. The Morgan fingerprint density at radius 3 is 2.55 bits per heavy atom. The van der Waals surface area contributed by atoms with E-state index in [0.29, 0.717) is 36.9 Å². The van der Waals surface area contributed by atoms with Gasteiger partial charge < -0.3 is 14.2 Å². The molecule has 0 radical (unpaired) electrons. The number of amides is 1. The molecule has 1 fully saturated rings. The predicted octanol–water partition coefficient (Wildman–Crippen LogP) is 3.65. The summed E-state index contributed by atoms with van der Waals surface area (Å²) in [6, 6.07) is 11.8. The lowest BCUT2D eigenvalue weighted by atomic mass is 10.2. The van der Waals surface area contributed by atoms with E-state index in [0.717, 1.165) is 5.56 Å². The zero-order valence-electron chi connectivity index (χ0n) is 16.3. The van der Waals surface area contributed by atoms with Crippen molar-refractivity contribution >= 4 is 41.0 Å². The van der Waals surface area contributed by atoms with E-state index < -0.39 is 4.92 Å². The third-order valence-corrected chi connectivity index (χ3v) is 5.70. The number of anilines is 1. The van der Waals surface area contributed by atoms with Gasteiger partial charge >= 0.3 is 0 Å². The van der Waals surface area contributed by atoms with Crippen molar-refractivity contribution in [3.05, 3.63) is 73.9 Å². The van der Waals surface area contributed by atoms with Crippen LogP contribution in [0.25, 0.3) is 12.2 Å². The summed E-state index contributed by atoms with van der Waals surface area (Å²) >= 11 is 1.42. The zero-order chi connectivity index (χ0) is 21.8. The van der Waals surface area contributed by atoms with E-state index >= 15 is 0 Å². The summed E-state index contributed by atoms with van der Waals surface area (Å²) in [4.78, 5) is 31.4. The van der Waals surface area contributed by atoms with Crippen molar-refractivity contribution in [3.63, 3.8) is 0 Å². The summed E-state index contributed by atoms with van der Waals surface area (Å²) < 4.78 is 5.79. The molecule has 0 atom stereocenters. The molecule has 3 aromatic rings. The fraction of sp³-hybridized carbons (Fsp3) is 0.190. The number of carbonyl (C=O) groups excluding carboxylic acids is 1. The summed E-state index contributed by atoms with van der Waals surface area (Å²) in [7, 11) is 0. The van der Waals surface area contributed by atoms with Crippen molar-refractivity contribution in [1.29, 1.82) is 5.26 Å². The van der Waals surface area contributed by atoms with Gasteiger partial charge in [-0.15, -0.1) is 11.3 Å². The molecule has 156 valence electrons. The van der Waals surface area contributed by atoms with Crippen molar-refractivity contribution in [2.45, 2.75) is 0 Å². The lowest BCUT2D eigenvalue weighted by Crippen LogP contribution is -2.48. The molecule has 1 aliphatic rings. The van der Waals surface area contributed by atoms with Gasteiger partial charge in [0.2, 0.25) is 17.5 Å². The Hall–Kier alpha value is -3.97. The van der Waals surface area contributed by atoms with Crippen LogP contribution in [0.2, 0.25) is 0 Å². The minimum absolute atomic E-state index is 0.0130. The Labute approximate surface area is 181 Å². The van der Waals surface area contributed by atoms with Crippen LogP contribution in [0.5, 0.6) is 0 Å². The molecule has 10 heteroatoms. The Morgan fingerprint density at radius 1 is 1.19 bits per heavy atom. The second kappa shape index (κ2) is 8.81. The molecule has 0 N–H and O–H groups in total. The molecule has 0 saturated carbocycles. The molecule has 1 saturated heterocycles. The van der Waals surface area contributed by atoms with Gasteiger partial charge in [-0.25, -0.2) is 0 Å². The number of nitro benzene ring substituents is 1. The van der Waals surface area contributed by atoms with Crippen molar-refractivity contribution in [2.75, 3.05) is 31.1 Å². The Bertz CT molecular complexity index is 1150. The highest BCUT2D eigenvalue weighted by Crippen LogP contribution is 2.25. The monoisotopic (exact) mass is 435 g/mol. The number of nitrogens with zero attached hydrogens (tertiary/aromatic N) is 5. The Kier molecular flexibility index (Phi) is 5.77. The molecule has 1 aromatic carbocycles. The summed E-state index contributed by atoms with van der Waals surface area (Å²) in [6.07, 6.45) is 3.32. The first kappa shape index (κ1) is 20.3. The molecule has 1 amide bonds. The summed E-state index contributed by atoms with van der Waals surface area (Å²) in [5, 5.41) is 22.1. The van der Waals surface area contributed by atoms with Gasteiger partial charge in [0.15, 0.2) is 0 Å². The zero-order valence-corrected chi connectivity index (χ0v) is 17.1. The number of piperazine rings is 1. The third kappa shape index (κ3) is 4.46. The summed E-state index contributed by atoms with van der Waals surface area (Å²) in [5.74, 6) is 0.663. The smallest absolute Gasteiger partial charge is 0.269 e. The Morgan fingerprint density at radius 2 is 1.94 bits per heavy atom. The highest BCUT2D eigenvalue weighted by atomic mass is 32.1. The van der Waals surface area contributed by atoms with Gasteiger partial charge in [-0.05, 0) is 35.2 Å². The van der Waals surface area contributed by atoms with Crippen LogP contribution < -0.4 is 4.90 Å². The lowest BCUT2D eigenvalue weighted by Gasteiger charge is -2.34. The number of thiophene rings is 1. The summed E-state index contributed by atoms with van der Waals surface area (Å²) in [6.45, 7) is 2.12. The maximum absolute atomic E-state index is 12.5. The van der Waals surface area contributed by atoms with Gasteiger partial charge in [0, 0.05) is 44.4 Å². The second-order valence-electron chi connectivity index (χ2n) is 6.76. The van der Waals surface area contributed by atoms with E-state index in [4.69, 9.17) is 4.42 Å². The standard InChI is InChI=1S/C21H17N5O4S/c22-14-17-21(25-11-9-24(10-12-25)20(27)18-2-1-13-31-18)30-19(23-17)8-5-15-3-6-16(7-4-15)26(28)29/h1-8,13H,9-12H2/b8-5+. The largest absolute Gasteiger partial charge is 0.420 e. The first-order valence-electron chi connectivity index (χ1n) is 9.46. The average Bonchev–Trinajstić information content (AvgIpc) is 3.48. The highest BCUT2D eigenvalue weighted by Gasteiger charge is 2.26. The van der Waals surface area contributed by atoms with Crippen LogP contribution in [-0.4, -0.2) is 46.9 Å². The molecular weight excluding hydrogens is 418 g/mol. The number of hydrogen-bond donors (Lipinski definition) is 0. The van der Waals surface area contributed by atoms with Crippen molar-refractivity contribution in [1.82, 2.24) is 9.88 Å². The van der Waals surface area contributed by atoms with E-state index in [1.165, 1.54) is 23.5 Å². The second-order valence-corrected chi connectivity index (χ2v) is 7.70. The van der Waals surface area contributed by atoms with Crippen LogP contribution in [0.3, 0.4) is 0 Å². The van der Waals surface area contributed by atoms with Crippen molar-refractivity contribution in [3.8, 4) is 6.07 Å². The van der Waals surface area contributed by atoms with Crippen LogP contribution in [-0.2, 0) is 0 Å². The third-order valence-electron chi connectivity index (χ3n) is 4.84. The molecule has 0 bridgehead atoms. The van der Waals surface area contributed by atoms with Crippen LogP contribution in [0.4, 0.5) is 11.6 Å². The number of nitro groups is 1. The number of hydrogen-bond acceptors (Lipinski definition) is 8. The van der Waals surface area contributed by atoms with Gasteiger partial charge in [-0.3, -0.25) is 14.9 Å². The van der Waals surface area contributed by atoms with Gasteiger partial charge in [0.1, 0.15) is 6.07 Å². The topological polar surface area (TPSA) is 117 Å². The van der Waals surface area contributed by atoms with Crippen LogP contribution in [0.15, 0.2) is 46.2 Å².